The Labute approximate surface area is 105 Å². The molecule has 1 aromatic carbocycles. The summed E-state index contributed by atoms with van der Waals surface area (Å²) in [5.41, 5.74) is 2.53. The minimum atomic E-state index is 0.665. The van der Waals surface area contributed by atoms with E-state index >= 15 is 0 Å². The number of hydrogen-bond acceptors (Lipinski definition) is 2. The fourth-order valence-electron chi connectivity index (χ4n) is 1.91. The van der Waals surface area contributed by atoms with Crippen LogP contribution < -0.4 is 10.1 Å². The van der Waals surface area contributed by atoms with Gasteiger partial charge < -0.3 is 10.1 Å². The molecule has 0 aliphatic rings. The van der Waals surface area contributed by atoms with Gasteiger partial charge >= 0.3 is 0 Å². The quantitative estimate of drug-likeness (QED) is 0.780. The Kier molecular flexibility index (Phi) is 6.06. The van der Waals surface area contributed by atoms with E-state index in [0.717, 1.165) is 18.9 Å². The lowest BCUT2D eigenvalue weighted by molar-refractivity contribution is 0.238. The summed E-state index contributed by atoms with van der Waals surface area (Å²) in [7, 11) is 1.97. The lowest BCUT2D eigenvalue weighted by Gasteiger charge is -2.16. The van der Waals surface area contributed by atoms with E-state index < -0.39 is 0 Å². The predicted octanol–water partition coefficient (Wildman–Crippen LogP) is 3.53. The van der Waals surface area contributed by atoms with Crippen molar-refractivity contribution in [2.75, 3.05) is 13.7 Å². The molecule has 0 amide bonds. The molecule has 17 heavy (non-hydrogen) atoms. The number of rotatable bonds is 7. The maximum atomic E-state index is 5.95. The van der Waals surface area contributed by atoms with Crippen LogP contribution in [0.5, 0.6) is 5.75 Å². The maximum absolute atomic E-state index is 5.95. The molecule has 96 valence electrons. The summed E-state index contributed by atoms with van der Waals surface area (Å²) < 4.78 is 5.95. The molecular formula is C15H25NO. The van der Waals surface area contributed by atoms with Gasteiger partial charge in [0.15, 0.2) is 0 Å². The third-order valence-corrected chi connectivity index (χ3v) is 3.21. The second kappa shape index (κ2) is 7.33. The second-order valence-corrected chi connectivity index (χ2v) is 4.64. The first kappa shape index (κ1) is 14.0. The summed E-state index contributed by atoms with van der Waals surface area (Å²) in [5.74, 6) is 1.69. The van der Waals surface area contributed by atoms with E-state index in [1.807, 2.05) is 7.05 Å². The second-order valence-electron chi connectivity index (χ2n) is 4.64. The molecule has 2 nitrogen and oxygen atoms in total. The lowest BCUT2D eigenvalue weighted by Crippen LogP contribution is -2.13. The molecule has 0 unspecified atom stereocenters. The molecule has 0 atom stereocenters. The first-order chi connectivity index (χ1) is 8.21. The molecule has 0 spiro atoms. The van der Waals surface area contributed by atoms with Gasteiger partial charge in [-0.1, -0.05) is 44.4 Å². The number of benzene rings is 1. The van der Waals surface area contributed by atoms with Crippen LogP contribution in [-0.2, 0) is 6.54 Å². The van der Waals surface area contributed by atoms with Crippen molar-refractivity contribution < 1.29 is 4.74 Å². The minimum absolute atomic E-state index is 0.665. The number of aryl methyl sites for hydroxylation is 1. The zero-order chi connectivity index (χ0) is 12.7. The summed E-state index contributed by atoms with van der Waals surface area (Å²) in [6, 6.07) is 6.39. The minimum Gasteiger partial charge on any atom is -0.493 e. The standard InChI is InChI=1S/C15H25NO/c1-5-13(6-2)11-17-15-8-7-12(3)9-14(15)10-16-4/h7-9,13,16H,5-6,10-11H2,1-4H3. The molecule has 0 heterocycles. The van der Waals surface area contributed by atoms with E-state index in [4.69, 9.17) is 4.74 Å². The van der Waals surface area contributed by atoms with Crippen molar-refractivity contribution in [2.45, 2.75) is 40.2 Å². The summed E-state index contributed by atoms with van der Waals surface area (Å²) in [4.78, 5) is 0. The van der Waals surface area contributed by atoms with Gasteiger partial charge in [-0.3, -0.25) is 0 Å². The van der Waals surface area contributed by atoms with Gasteiger partial charge in [-0.2, -0.15) is 0 Å². The third kappa shape index (κ3) is 4.39. The van der Waals surface area contributed by atoms with Crippen LogP contribution in [0.1, 0.15) is 37.8 Å². The highest BCUT2D eigenvalue weighted by atomic mass is 16.5. The molecule has 0 fully saturated rings. The van der Waals surface area contributed by atoms with Crippen LogP contribution in [0.25, 0.3) is 0 Å². The molecule has 1 N–H and O–H groups in total. The lowest BCUT2D eigenvalue weighted by atomic mass is 10.1. The van der Waals surface area contributed by atoms with Gasteiger partial charge in [0.1, 0.15) is 5.75 Å². The van der Waals surface area contributed by atoms with Crippen molar-refractivity contribution in [3.05, 3.63) is 29.3 Å². The van der Waals surface area contributed by atoms with Crippen LogP contribution >= 0.6 is 0 Å². The van der Waals surface area contributed by atoms with Crippen molar-refractivity contribution in [1.29, 1.82) is 0 Å². The normalized spacial score (nSPS) is 10.9. The molecule has 0 radical (unpaired) electrons. The highest BCUT2D eigenvalue weighted by Gasteiger charge is 2.07. The van der Waals surface area contributed by atoms with E-state index in [0.29, 0.717) is 5.92 Å². The molecule has 0 aliphatic carbocycles. The third-order valence-electron chi connectivity index (χ3n) is 3.21. The molecule has 0 bridgehead atoms. The zero-order valence-electron chi connectivity index (χ0n) is 11.5. The fourth-order valence-corrected chi connectivity index (χ4v) is 1.91. The van der Waals surface area contributed by atoms with Crippen LogP contribution in [0, 0.1) is 12.8 Å². The average Bonchev–Trinajstić information content (AvgIpc) is 2.33. The Balaban J connectivity index is 2.68. The number of nitrogens with one attached hydrogen (secondary N) is 1. The molecule has 1 rings (SSSR count). The van der Waals surface area contributed by atoms with Crippen LogP contribution in [0.2, 0.25) is 0 Å². The van der Waals surface area contributed by atoms with Crippen molar-refractivity contribution in [2.24, 2.45) is 5.92 Å². The van der Waals surface area contributed by atoms with Gasteiger partial charge in [0.25, 0.3) is 0 Å². The average molecular weight is 235 g/mol. The summed E-state index contributed by atoms with van der Waals surface area (Å²) >= 11 is 0. The van der Waals surface area contributed by atoms with Crippen LogP contribution in [0.3, 0.4) is 0 Å². The van der Waals surface area contributed by atoms with Crippen LogP contribution in [0.4, 0.5) is 0 Å². The van der Waals surface area contributed by atoms with Gasteiger partial charge in [-0.15, -0.1) is 0 Å². The van der Waals surface area contributed by atoms with Gasteiger partial charge in [0, 0.05) is 12.1 Å². The first-order valence-electron chi connectivity index (χ1n) is 6.58. The number of ether oxygens (including phenoxy) is 1. The van der Waals surface area contributed by atoms with Crippen molar-refractivity contribution in [1.82, 2.24) is 5.32 Å². The number of hydrogen-bond donors (Lipinski definition) is 1. The molecule has 2 heteroatoms. The van der Waals surface area contributed by atoms with Gasteiger partial charge in [-0.05, 0) is 26.0 Å². The SMILES string of the molecule is CCC(CC)COc1ccc(C)cc1CNC. The van der Waals surface area contributed by atoms with Crippen LogP contribution in [-0.4, -0.2) is 13.7 Å². The Hall–Kier alpha value is -1.02. The molecular weight excluding hydrogens is 210 g/mol. The van der Waals surface area contributed by atoms with Crippen LogP contribution in [0.15, 0.2) is 18.2 Å². The predicted molar refractivity (Wildman–Crippen MR) is 73.5 cm³/mol. The fraction of sp³-hybridized carbons (Fsp3) is 0.600. The van der Waals surface area contributed by atoms with E-state index in [-0.39, 0.29) is 0 Å². The van der Waals surface area contributed by atoms with E-state index in [9.17, 15) is 0 Å². The highest BCUT2D eigenvalue weighted by molar-refractivity contribution is 5.36. The topological polar surface area (TPSA) is 21.3 Å². The Bertz CT molecular complexity index is 332. The summed E-state index contributed by atoms with van der Waals surface area (Å²) in [6.07, 6.45) is 2.37. The molecule has 0 aliphatic heterocycles. The highest BCUT2D eigenvalue weighted by Crippen LogP contribution is 2.21. The zero-order valence-corrected chi connectivity index (χ0v) is 11.5. The Morgan fingerprint density at radius 2 is 1.94 bits per heavy atom. The van der Waals surface area contributed by atoms with E-state index in [2.05, 4.69) is 44.3 Å². The van der Waals surface area contributed by atoms with Gasteiger partial charge in [-0.25, -0.2) is 0 Å². The van der Waals surface area contributed by atoms with E-state index in [1.54, 1.807) is 0 Å². The van der Waals surface area contributed by atoms with Crippen molar-refractivity contribution in [3.8, 4) is 5.75 Å². The molecule has 0 saturated carbocycles. The van der Waals surface area contributed by atoms with Gasteiger partial charge in [0.05, 0.1) is 6.61 Å². The maximum Gasteiger partial charge on any atom is 0.123 e. The molecule has 0 saturated heterocycles. The Morgan fingerprint density at radius 3 is 2.53 bits per heavy atom. The molecule has 1 aromatic rings. The monoisotopic (exact) mass is 235 g/mol. The Morgan fingerprint density at radius 1 is 1.24 bits per heavy atom. The first-order valence-corrected chi connectivity index (χ1v) is 6.58. The van der Waals surface area contributed by atoms with Crippen molar-refractivity contribution >= 4 is 0 Å². The van der Waals surface area contributed by atoms with E-state index in [1.165, 1.54) is 24.0 Å². The summed E-state index contributed by atoms with van der Waals surface area (Å²) in [5, 5.41) is 3.19. The summed E-state index contributed by atoms with van der Waals surface area (Å²) in [6.45, 7) is 8.25. The molecule has 0 aromatic heterocycles. The largest absolute Gasteiger partial charge is 0.493 e. The van der Waals surface area contributed by atoms with Crippen molar-refractivity contribution in [3.63, 3.8) is 0 Å². The smallest absolute Gasteiger partial charge is 0.123 e. The van der Waals surface area contributed by atoms with Gasteiger partial charge in [0.2, 0.25) is 0 Å².